The highest BCUT2D eigenvalue weighted by molar-refractivity contribution is 4.83. The highest BCUT2D eigenvalue weighted by Gasteiger charge is 2.26. The number of hydrogen-bond donors (Lipinski definition) is 1. The summed E-state index contributed by atoms with van der Waals surface area (Å²) in [6.07, 6.45) is 8.24. The van der Waals surface area contributed by atoms with E-state index in [2.05, 4.69) is 37.9 Å². The van der Waals surface area contributed by atoms with Gasteiger partial charge in [0.1, 0.15) is 0 Å². The van der Waals surface area contributed by atoms with Crippen LogP contribution in [0.25, 0.3) is 0 Å². The van der Waals surface area contributed by atoms with E-state index in [1.165, 1.54) is 51.6 Å². The van der Waals surface area contributed by atoms with Crippen LogP contribution in [-0.2, 0) is 0 Å². The Morgan fingerprint density at radius 3 is 2.56 bits per heavy atom. The second-order valence-corrected chi connectivity index (χ2v) is 6.29. The third-order valence-electron chi connectivity index (χ3n) is 4.17. The van der Waals surface area contributed by atoms with Gasteiger partial charge in [0.2, 0.25) is 0 Å². The normalized spacial score (nSPS) is 23.5. The molecule has 0 aliphatic carbocycles. The van der Waals surface area contributed by atoms with Gasteiger partial charge < -0.3 is 5.32 Å². The molecule has 1 fully saturated rings. The van der Waals surface area contributed by atoms with Crippen molar-refractivity contribution in [3.63, 3.8) is 0 Å². The van der Waals surface area contributed by atoms with Crippen LogP contribution in [0.2, 0.25) is 0 Å². The average Bonchev–Trinajstić information content (AvgIpc) is 2.37. The van der Waals surface area contributed by atoms with Crippen molar-refractivity contribution in [3.8, 4) is 0 Å². The van der Waals surface area contributed by atoms with Gasteiger partial charge in [0.05, 0.1) is 0 Å². The highest BCUT2D eigenvalue weighted by Crippen LogP contribution is 2.23. The monoisotopic (exact) mass is 254 g/mol. The number of rotatable bonds is 8. The number of likely N-dealkylation sites (tertiary alicyclic amines) is 1. The molecule has 0 aromatic carbocycles. The molecule has 0 bridgehead atoms. The summed E-state index contributed by atoms with van der Waals surface area (Å²) >= 11 is 0. The molecule has 18 heavy (non-hydrogen) atoms. The predicted octanol–water partition coefficient (Wildman–Crippen LogP) is 3.67. The topological polar surface area (TPSA) is 15.3 Å². The standard InChI is InChI=1S/C16H34N2/c1-5-9-16(13-17-12-14(3)4)18-11-8-7-10-15(18)6-2/h14-17H,5-13H2,1-4H3. The molecule has 1 heterocycles. The van der Waals surface area contributed by atoms with Gasteiger partial charge in [0.25, 0.3) is 0 Å². The van der Waals surface area contributed by atoms with E-state index in [-0.39, 0.29) is 0 Å². The van der Waals surface area contributed by atoms with E-state index in [1.54, 1.807) is 0 Å². The smallest absolute Gasteiger partial charge is 0.0223 e. The highest BCUT2D eigenvalue weighted by atomic mass is 15.2. The van der Waals surface area contributed by atoms with Gasteiger partial charge in [0, 0.05) is 18.6 Å². The third-order valence-corrected chi connectivity index (χ3v) is 4.17. The van der Waals surface area contributed by atoms with E-state index in [4.69, 9.17) is 0 Å². The largest absolute Gasteiger partial charge is 0.315 e. The summed E-state index contributed by atoms with van der Waals surface area (Å²) in [5.41, 5.74) is 0. The van der Waals surface area contributed by atoms with Gasteiger partial charge in [-0.25, -0.2) is 0 Å². The van der Waals surface area contributed by atoms with Crippen LogP contribution in [0, 0.1) is 5.92 Å². The van der Waals surface area contributed by atoms with E-state index in [0.29, 0.717) is 0 Å². The summed E-state index contributed by atoms with van der Waals surface area (Å²) in [4.78, 5) is 2.81. The Kier molecular flexibility index (Phi) is 7.92. The molecular weight excluding hydrogens is 220 g/mol. The van der Waals surface area contributed by atoms with Crippen molar-refractivity contribution < 1.29 is 0 Å². The molecule has 2 nitrogen and oxygen atoms in total. The molecule has 2 unspecified atom stereocenters. The number of hydrogen-bond acceptors (Lipinski definition) is 2. The Balaban J connectivity index is 2.47. The van der Waals surface area contributed by atoms with Crippen LogP contribution in [-0.4, -0.2) is 36.6 Å². The molecule has 108 valence electrons. The van der Waals surface area contributed by atoms with Gasteiger partial charge in [-0.2, -0.15) is 0 Å². The van der Waals surface area contributed by atoms with Crippen LogP contribution in [0.4, 0.5) is 0 Å². The maximum Gasteiger partial charge on any atom is 0.0223 e. The molecule has 2 heteroatoms. The van der Waals surface area contributed by atoms with Crippen LogP contribution in [0.1, 0.15) is 66.2 Å². The van der Waals surface area contributed by atoms with Crippen molar-refractivity contribution >= 4 is 0 Å². The van der Waals surface area contributed by atoms with Crippen LogP contribution < -0.4 is 5.32 Å². The third kappa shape index (κ3) is 5.27. The molecule has 1 rings (SSSR count). The van der Waals surface area contributed by atoms with Crippen molar-refractivity contribution in [1.29, 1.82) is 0 Å². The van der Waals surface area contributed by atoms with Crippen LogP contribution in [0.3, 0.4) is 0 Å². The van der Waals surface area contributed by atoms with E-state index >= 15 is 0 Å². The summed E-state index contributed by atoms with van der Waals surface area (Å²) in [6.45, 7) is 12.9. The molecule has 0 aromatic heterocycles. The summed E-state index contributed by atoms with van der Waals surface area (Å²) in [7, 11) is 0. The number of nitrogens with one attached hydrogen (secondary N) is 1. The van der Waals surface area contributed by atoms with E-state index in [0.717, 1.165) is 24.5 Å². The van der Waals surface area contributed by atoms with Crippen molar-refractivity contribution in [1.82, 2.24) is 10.2 Å². The molecule has 2 atom stereocenters. The zero-order chi connectivity index (χ0) is 13.4. The number of piperidine rings is 1. The van der Waals surface area contributed by atoms with E-state index < -0.39 is 0 Å². The first-order valence-electron chi connectivity index (χ1n) is 8.15. The molecule has 1 saturated heterocycles. The molecule has 1 aliphatic rings. The second-order valence-electron chi connectivity index (χ2n) is 6.29. The predicted molar refractivity (Wildman–Crippen MR) is 81.0 cm³/mol. The molecule has 0 saturated carbocycles. The molecule has 0 spiro atoms. The quantitative estimate of drug-likeness (QED) is 0.711. The summed E-state index contributed by atoms with van der Waals surface area (Å²) in [5, 5.41) is 3.67. The van der Waals surface area contributed by atoms with Gasteiger partial charge in [-0.05, 0) is 44.7 Å². The van der Waals surface area contributed by atoms with Crippen molar-refractivity contribution in [2.75, 3.05) is 19.6 Å². The van der Waals surface area contributed by atoms with E-state index in [9.17, 15) is 0 Å². The first-order chi connectivity index (χ1) is 8.69. The van der Waals surface area contributed by atoms with Crippen LogP contribution in [0.15, 0.2) is 0 Å². The van der Waals surface area contributed by atoms with E-state index in [1.807, 2.05) is 0 Å². The van der Waals surface area contributed by atoms with Gasteiger partial charge in [-0.1, -0.05) is 40.5 Å². The van der Waals surface area contributed by atoms with Gasteiger partial charge in [-0.15, -0.1) is 0 Å². The molecule has 0 radical (unpaired) electrons. The second kappa shape index (κ2) is 8.92. The van der Waals surface area contributed by atoms with Crippen molar-refractivity contribution in [3.05, 3.63) is 0 Å². The summed E-state index contributed by atoms with van der Waals surface area (Å²) in [6, 6.07) is 1.61. The van der Waals surface area contributed by atoms with Crippen LogP contribution >= 0.6 is 0 Å². The van der Waals surface area contributed by atoms with Crippen LogP contribution in [0.5, 0.6) is 0 Å². The molecule has 1 aliphatic heterocycles. The first-order valence-corrected chi connectivity index (χ1v) is 8.15. The fourth-order valence-corrected chi connectivity index (χ4v) is 3.20. The number of nitrogens with zero attached hydrogens (tertiary/aromatic N) is 1. The Morgan fingerprint density at radius 1 is 1.17 bits per heavy atom. The maximum absolute atomic E-state index is 3.67. The molecular formula is C16H34N2. The average molecular weight is 254 g/mol. The minimum atomic E-state index is 0.760. The lowest BCUT2D eigenvalue weighted by atomic mass is 9.96. The first kappa shape index (κ1) is 16.0. The van der Waals surface area contributed by atoms with Gasteiger partial charge in [0.15, 0.2) is 0 Å². The minimum absolute atomic E-state index is 0.760. The SMILES string of the molecule is CCCC(CNCC(C)C)N1CCCCC1CC. The Labute approximate surface area is 115 Å². The lowest BCUT2D eigenvalue weighted by Gasteiger charge is -2.41. The maximum atomic E-state index is 3.67. The lowest BCUT2D eigenvalue weighted by Crippen LogP contribution is -2.50. The Bertz CT molecular complexity index is 203. The fraction of sp³-hybridized carbons (Fsp3) is 1.00. The zero-order valence-corrected chi connectivity index (χ0v) is 13.0. The fourth-order valence-electron chi connectivity index (χ4n) is 3.20. The van der Waals surface area contributed by atoms with Crippen molar-refractivity contribution in [2.45, 2.75) is 78.3 Å². The van der Waals surface area contributed by atoms with Gasteiger partial charge >= 0.3 is 0 Å². The Morgan fingerprint density at radius 2 is 1.94 bits per heavy atom. The van der Waals surface area contributed by atoms with Gasteiger partial charge in [-0.3, -0.25) is 4.90 Å². The summed E-state index contributed by atoms with van der Waals surface area (Å²) < 4.78 is 0. The van der Waals surface area contributed by atoms with Crippen molar-refractivity contribution in [2.24, 2.45) is 5.92 Å². The zero-order valence-electron chi connectivity index (χ0n) is 13.0. The molecule has 0 amide bonds. The lowest BCUT2D eigenvalue weighted by molar-refractivity contribution is 0.0849. The Hall–Kier alpha value is -0.0800. The minimum Gasteiger partial charge on any atom is -0.315 e. The molecule has 0 aromatic rings. The molecule has 1 N–H and O–H groups in total. The summed E-state index contributed by atoms with van der Waals surface area (Å²) in [5.74, 6) is 0.760.